The number of alkyl carbamates (subject to hydrolysis) is 1. The van der Waals surface area contributed by atoms with Crippen LogP contribution < -0.4 is 16.4 Å². The second-order valence-corrected chi connectivity index (χ2v) is 6.83. The van der Waals surface area contributed by atoms with Crippen molar-refractivity contribution in [1.82, 2.24) is 10.3 Å². The van der Waals surface area contributed by atoms with Gasteiger partial charge in [-0.3, -0.25) is 14.6 Å². The zero-order valence-corrected chi connectivity index (χ0v) is 17.5. The predicted octanol–water partition coefficient (Wildman–Crippen LogP) is 2.16. The summed E-state index contributed by atoms with van der Waals surface area (Å²) in [6, 6.07) is 10.0. The van der Waals surface area contributed by atoms with Gasteiger partial charge in [0, 0.05) is 31.0 Å². The molecule has 2 rings (SSSR count). The molecular weight excluding hydrogens is 400 g/mol. The summed E-state index contributed by atoms with van der Waals surface area (Å²) in [5, 5.41) is 5.44. The number of hydrogen-bond acceptors (Lipinski definition) is 7. The highest BCUT2D eigenvalue weighted by Gasteiger charge is 2.15. The number of nitrogens with zero attached hydrogens (tertiary/aromatic N) is 1. The van der Waals surface area contributed by atoms with Crippen molar-refractivity contribution in [2.24, 2.45) is 5.73 Å². The Labute approximate surface area is 181 Å². The molecule has 9 heteroatoms. The van der Waals surface area contributed by atoms with Crippen LogP contribution in [0.15, 0.2) is 48.8 Å². The van der Waals surface area contributed by atoms with E-state index in [4.69, 9.17) is 10.5 Å². The molecule has 1 aromatic heterocycles. The Kier molecular flexibility index (Phi) is 9.96. The Morgan fingerprint density at radius 2 is 1.87 bits per heavy atom. The minimum atomic E-state index is -0.733. The van der Waals surface area contributed by atoms with Gasteiger partial charge >= 0.3 is 12.1 Å². The van der Waals surface area contributed by atoms with E-state index in [0.29, 0.717) is 31.5 Å². The Morgan fingerprint density at radius 1 is 1.13 bits per heavy atom. The minimum absolute atomic E-state index is 0.158. The number of para-hydroxylation sites is 1. The van der Waals surface area contributed by atoms with E-state index in [1.54, 1.807) is 36.7 Å². The number of anilines is 1. The van der Waals surface area contributed by atoms with Gasteiger partial charge < -0.3 is 25.8 Å². The molecule has 1 atom stereocenters. The van der Waals surface area contributed by atoms with Gasteiger partial charge in [-0.1, -0.05) is 18.2 Å². The molecule has 0 radical (unpaired) electrons. The third-order valence-electron chi connectivity index (χ3n) is 4.52. The average Bonchev–Trinajstić information content (AvgIpc) is 2.80. The first kappa shape index (κ1) is 23.8. The third-order valence-corrected chi connectivity index (χ3v) is 4.52. The zero-order chi connectivity index (χ0) is 22.5. The fraction of sp³-hybridized carbons (Fsp3) is 0.364. The van der Waals surface area contributed by atoms with Crippen LogP contribution >= 0.6 is 0 Å². The predicted molar refractivity (Wildman–Crippen MR) is 115 cm³/mol. The lowest BCUT2D eigenvalue weighted by Crippen LogP contribution is -2.36. The van der Waals surface area contributed by atoms with Gasteiger partial charge in [-0.05, 0) is 48.6 Å². The number of amides is 2. The summed E-state index contributed by atoms with van der Waals surface area (Å²) < 4.78 is 9.75. The number of pyridine rings is 1. The van der Waals surface area contributed by atoms with Crippen molar-refractivity contribution in [1.29, 1.82) is 0 Å². The lowest BCUT2D eigenvalue weighted by Gasteiger charge is -2.15. The maximum Gasteiger partial charge on any atom is 0.407 e. The topological polar surface area (TPSA) is 133 Å². The first-order valence-corrected chi connectivity index (χ1v) is 10.00. The number of ether oxygens (including phenoxy) is 2. The van der Waals surface area contributed by atoms with Crippen molar-refractivity contribution < 1.29 is 23.9 Å². The van der Waals surface area contributed by atoms with Gasteiger partial charge in [0.2, 0.25) is 5.91 Å². The molecule has 0 saturated carbocycles. The fourth-order valence-electron chi connectivity index (χ4n) is 2.75. The number of aromatic nitrogens is 1. The van der Waals surface area contributed by atoms with Gasteiger partial charge in [-0.15, -0.1) is 0 Å². The largest absolute Gasteiger partial charge is 0.469 e. The molecule has 0 spiro atoms. The maximum absolute atomic E-state index is 12.4. The molecular formula is C22H28N4O5. The van der Waals surface area contributed by atoms with Crippen LogP contribution in [0.25, 0.3) is 0 Å². The molecule has 2 aromatic rings. The molecule has 0 saturated heterocycles. The summed E-state index contributed by atoms with van der Waals surface area (Å²) in [5.41, 5.74) is 8.26. The lowest BCUT2D eigenvalue weighted by molar-refractivity contribution is -0.140. The van der Waals surface area contributed by atoms with Crippen molar-refractivity contribution >= 4 is 23.7 Å². The van der Waals surface area contributed by atoms with Crippen molar-refractivity contribution in [3.05, 3.63) is 59.9 Å². The first-order valence-electron chi connectivity index (χ1n) is 10.00. The van der Waals surface area contributed by atoms with Gasteiger partial charge in [0.15, 0.2) is 0 Å². The van der Waals surface area contributed by atoms with Crippen LogP contribution in [0.2, 0.25) is 0 Å². The second-order valence-electron chi connectivity index (χ2n) is 6.83. The smallest absolute Gasteiger partial charge is 0.407 e. The first-order chi connectivity index (χ1) is 15.0. The van der Waals surface area contributed by atoms with Crippen LogP contribution in [-0.4, -0.2) is 42.7 Å². The van der Waals surface area contributed by atoms with Crippen LogP contribution in [0.1, 0.15) is 30.4 Å². The van der Waals surface area contributed by atoms with Crippen LogP contribution in [-0.2, 0) is 32.1 Å². The molecule has 9 nitrogen and oxygen atoms in total. The molecule has 2 amide bonds. The van der Waals surface area contributed by atoms with E-state index in [9.17, 15) is 14.4 Å². The van der Waals surface area contributed by atoms with Gasteiger partial charge in [-0.2, -0.15) is 0 Å². The number of benzene rings is 1. The molecule has 1 heterocycles. The second kappa shape index (κ2) is 13.0. The summed E-state index contributed by atoms with van der Waals surface area (Å²) in [6.45, 7) is 0.498. The lowest BCUT2D eigenvalue weighted by atomic mass is 10.1. The van der Waals surface area contributed by atoms with Gasteiger partial charge in [0.1, 0.15) is 6.61 Å². The Bertz CT molecular complexity index is 860. The Hall–Kier alpha value is -3.46. The summed E-state index contributed by atoms with van der Waals surface area (Å²) >= 11 is 0. The minimum Gasteiger partial charge on any atom is -0.469 e. The summed E-state index contributed by atoms with van der Waals surface area (Å²) in [7, 11) is 1.34. The van der Waals surface area contributed by atoms with Crippen LogP contribution in [0.4, 0.5) is 10.5 Å². The number of carbonyl (C=O) groups excluding carboxylic acids is 3. The maximum atomic E-state index is 12.4. The molecule has 0 aliphatic rings. The van der Waals surface area contributed by atoms with E-state index in [2.05, 4.69) is 20.4 Å². The number of nitrogens with two attached hydrogens (primary N) is 1. The molecule has 31 heavy (non-hydrogen) atoms. The zero-order valence-electron chi connectivity index (χ0n) is 17.5. The molecule has 1 aromatic carbocycles. The van der Waals surface area contributed by atoms with E-state index >= 15 is 0 Å². The number of carbonyl (C=O) groups is 3. The average molecular weight is 428 g/mol. The normalized spacial score (nSPS) is 11.3. The van der Waals surface area contributed by atoms with Crippen LogP contribution in [0.5, 0.6) is 0 Å². The fourth-order valence-corrected chi connectivity index (χ4v) is 2.75. The Balaban J connectivity index is 1.69. The SMILES string of the molecule is COC(=O)CCc1ccccc1NC(=O)[C@@H](N)CCCNC(=O)OCc1ccncc1. The third kappa shape index (κ3) is 8.83. The van der Waals surface area contributed by atoms with E-state index in [0.717, 1.165) is 11.1 Å². The molecule has 0 fully saturated rings. The summed E-state index contributed by atoms with van der Waals surface area (Å²) in [6.07, 6.45) is 4.29. The molecule has 0 aliphatic heterocycles. The number of rotatable bonds is 11. The molecule has 0 bridgehead atoms. The van der Waals surface area contributed by atoms with Gasteiger partial charge in [0.05, 0.1) is 13.2 Å². The van der Waals surface area contributed by atoms with Crippen molar-refractivity contribution in [3.8, 4) is 0 Å². The van der Waals surface area contributed by atoms with E-state index in [1.807, 2.05) is 12.1 Å². The van der Waals surface area contributed by atoms with E-state index in [-0.39, 0.29) is 24.9 Å². The van der Waals surface area contributed by atoms with E-state index < -0.39 is 12.1 Å². The van der Waals surface area contributed by atoms with Crippen molar-refractivity contribution in [2.45, 2.75) is 38.3 Å². The Morgan fingerprint density at radius 3 is 2.61 bits per heavy atom. The van der Waals surface area contributed by atoms with Gasteiger partial charge in [0.25, 0.3) is 0 Å². The highest BCUT2D eigenvalue weighted by molar-refractivity contribution is 5.95. The number of esters is 1. The van der Waals surface area contributed by atoms with Crippen molar-refractivity contribution in [3.63, 3.8) is 0 Å². The number of aryl methyl sites for hydroxylation is 1. The molecule has 166 valence electrons. The van der Waals surface area contributed by atoms with Gasteiger partial charge in [-0.25, -0.2) is 4.79 Å². The number of hydrogen-bond donors (Lipinski definition) is 3. The highest BCUT2D eigenvalue weighted by Crippen LogP contribution is 2.17. The monoisotopic (exact) mass is 428 g/mol. The summed E-state index contributed by atoms with van der Waals surface area (Å²) in [4.78, 5) is 39.4. The van der Waals surface area contributed by atoms with Crippen molar-refractivity contribution in [2.75, 3.05) is 19.0 Å². The van der Waals surface area contributed by atoms with Crippen LogP contribution in [0, 0.1) is 0 Å². The van der Waals surface area contributed by atoms with Crippen LogP contribution in [0.3, 0.4) is 0 Å². The standard InChI is InChI=1S/C22H28N4O5/c1-30-20(27)9-8-17-5-2-3-7-19(17)26-21(28)18(23)6-4-12-25-22(29)31-15-16-10-13-24-14-11-16/h2-3,5,7,10-11,13-14,18H,4,6,8-9,12,15,23H2,1H3,(H,25,29)(H,26,28)/t18-/m0/s1. The molecule has 0 aliphatic carbocycles. The quantitative estimate of drug-likeness (QED) is 0.369. The molecule has 4 N–H and O–H groups in total. The molecule has 0 unspecified atom stereocenters. The highest BCUT2D eigenvalue weighted by atomic mass is 16.5. The number of nitrogens with one attached hydrogen (secondary N) is 2. The number of methoxy groups -OCH3 is 1. The summed E-state index contributed by atoms with van der Waals surface area (Å²) in [5.74, 6) is -0.643. The van der Waals surface area contributed by atoms with E-state index in [1.165, 1.54) is 7.11 Å².